The molecule has 0 fully saturated rings. The third-order valence-corrected chi connectivity index (χ3v) is 9.24. The van der Waals surface area contributed by atoms with Gasteiger partial charge in [-0.1, -0.05) is 166 Å². The normalized spacial score (nSPS) is 12.0. The minimum Gasteiger partial charge on any atom is -0.0622 e. The van der Waals surface area contributed by atoms with E-state index in [0.717, 1.165) is 0 Å². The van der Waals surface area contributed by atoms with E-state index in [0.29, 0.717) is 0 Å². The molecule has 0 saturated heterocycles. The molecule has 8 rings (SSSR count). The second kappa shape index (κ2) is 10.2. The zero-order valence-electron chi connectivity index (χ0n) is 25.4. The number of fused-ring (bicyclic) bond motifs is 3. The molecular weight excluding hydrogens is 528 g/mol. The second-order valence-corrected chi connectivity index (χ2v) is 12.9. The van der Waals surface area contributed by atoms with Gasteiger partial charge in [-0.05, 0) is 94.6 Å². The smallest absolute Gasteiger partial charge is 0.00201 e. The molecule has 0 amide bonds. The van der Waals surface area contributed by atoms with Crippen LogP contribution in [0.3, 0.4) is 0 Å². The Labute approximate surface area is 260 Å². The quantitative estimate of drug-likeness (QED) is 0.200. The van der Waals surface area contributed by atoms with Crippen LogP contribution in [-0.4, -0.2) is 0 Å². The first-order valence-corrected chi connectivity index (χ1v) is 15.5. The summed E-state index contributed by atoms with van der Waals surface area (Å²) >= 11 is 0. The van der Waals surface area contributed by atoms with Crippen molar-refractivity contribution in [1.29, 1.82) is 0 Å². The minimum atomic E-state index is 0.105. The molecule has 1 aliphatic carbocycles. The van der Waals surface area contributed by atoms with Crippen molar-refractivity contribution in [2.45, 2.75) is 26.2 Å². The fourth-order valence-electron chi connectivity index (χ4n) is 7.05. The van der Waals surface area contributed by atoms with Crippen molar-refractivity contribution in [1.82, 2.24) is 0 Å². The summed E-state index contributed by atoms with van der Waals surface area (Å²) in [5.41, 5.74) is 16.8. The molecule has 0 heterocycles. The Bertz CT molecular complexity index is 2190. The first-order chi connectivity index (χ1) is 21.5. The predicted octanol–water partition coefficient (Wildman–Crippen LogP) is 12.5. The largest absolute Gasteiger partial charge is 0.0622 e. The van der Waals surface area contributed by atoms with Crippen molar-refractivity contribution in [3.63, 3.8) is 0 Å². The molecule has 1 aliphatic rings. The molecule has 0 unspecified atom stereocenters. The Morgan fingerprint density at radius 1 is 0.318 bits per heavy atom. The van der Waals surface area contributed by atoms with Gasteiger partial charge < -0.3 is 0 Å². The zero-order valence-corrected chi connectivity index (χ0v) is 25.4. The summed E-state index contributed by atoms with van der Waals surface area (Å²) in [6, 6.07) is 55.9. The highest BCUT2D eigenvalue weighted by atomic mass is 14.3. The Morgan fingerprint density at radius 3 is 1.36 bits per heavy atom. The molecule has 0 aromatic heterocycles. The standard InChI is InChI=1S/C44H34/c1-44(2,3)30-24-25-38-41-27-26-37(39-22-13-23-40(43(39)41)42(38)28-30)36-21-12-11-20-35(36)34-19-10-9-18-33(34)32-17-8-7-16-31(32)29-14-5-4-6-15-29/h4-28H,1-3H3. The number of hydrogen-bond donors (Lipinski definition) is 0. The second-order valence-electron chi connectivity index (χ2n) is 12.9. The predicted molar refractivity (Wildman–Crippen MR) is 189 cm³/mol. The van der Waals surface area contributed by atoms with Crippen LogP contribution in [0.4, 0.5) is 0 Å². The molecular formula is C44H34. The lowest BCUT2D eigenvalue weighted by Crippen LogP contribution is -2.10. The van der Waals surface area contributed by atoms with E-state index in [1.165, 1.54) is 83.1 Å². The van der Waals surface area contributed by atoms with E-state index in [4.69, 9.17) is 0 Å². The molecule has 0 aliphatic heterocycles. The molecule has 0 saturated carbocycles. The summed E-state index contributed by atoms with van der Waals surface area (Å²) in [5.74, 6) is 0. The fourth-order valence-corrected chi connectivity index (χ4v) is 7.05. The van der Waals surface area contributed by atoms with Crippen LogP contribution in [-0.2, 0) is 5.41 Å². The molecule has 0 N–H and O–H groups in total. The Hall–Kier alpha value is -5.20. The average molecular weight is 563 g/mol. The highest BCUT2D eigenvalue weighted by Gasteiger charge is 2.26. The van der Waals surface area contributed by atoms with Gasteiger partial charge in [-0.2, -0.15) is 0 Å². The lowest BCUT2D eigenvalue weighted by molar-refractivity contribution is 0.590. The van der Waals surface area contributed by atoms with Crippen molar-refractivity contribution < 1.29 is 0 Å². The van der Waals surface area contributed by atoms with Gasteiger partial charge in [-0.3, -0.25) is 0 Å². The summed E-state index contributed by atoms with van der Waals surface area (Å²) < 4.78 is 0. The van der Waals surface area contributed by atoms with Crippen molar-refractivity contribution in [3.8, 4) is 66.8 Å². The third kappa shape index (κ3) is 4.21. The third-order valence-electron chi connectivity index (χ3n) is 9.24. The number of rotatable bonds is 4. The van der Waals surface area contributed by atoms with Gasteiger partial charge in [0.05, 0.1) is 0 Å². The van der Waals surface area contributed by atoms with Crippen LogP contribution < -0.4 is 0 Å². The maximum Gasteiger partial charge on any atom is -0.00201 e. The number of benzene rings is 7. The summed E-state index contributed by atoms with van der Waals surface area (Å²) in [6.07, 6.45) is 0. The van der Waals surface area contributed by atoms with Crippen LogP contribution >= 0.6 is 0 Å². The molecule has 0 nitrogen and oxygen atoms in total. The van der Waals surface area contributed by atoms with Crippen LogP contribution in [0.1, 0.15) is 26.3 Å². The average Bonchev–Trinajstić information content (AvgIpc) is 3.39. The molecule has 0 atom stereocenters. The minimum absolute atomic E-state index is 0.105. The molecule has 0 spiro atoms. The molecule has 0 heteroatoms. The van der Waals surface area contributed by atoms with Crippen LogP contribution in [0.5, 0.6) is 0 Å². The summed E-state index contributed by atoms with van der Waals surface area (Å²) in [5, 5.41) is 2.67. The van der Waals surface area contributed by atoms with Gasteiger partial charge >= 0.3 is 0 Å². The maximum atomic E-state index is 2.41. The van der Waals surface area contributed by atoms with E-state index in [1.54, 1.807) is 0 Å². The molecule has 0 bridgehead atoms. The lowest BCUT2D eigenvalue weighted by Gasteiger charge is -2.20. The first-order valence-electron chi connectivity index (χ1n) is 15.5. The Kier molecular flexibility index (Phi) is 6.13. The molecule has 44 heavy (non-hydrogen) atoms. The van der Waals surface area contributed by atoms with E-state index in [1.807, 2.05) is 0 Å². The highest BCUT2D eigenvalue weighted by molar-refractivity contribution is 6.19. The van der Waals surface area contributed by atoms with Crippen molar-refractivity contribution in [2.75, 3.05) is 0 Å². The van der Waals surface area contributed by atoms with E-state index in [-0.39, 0.29) is 5.41 Å². The topological polar surface area (TPSA) is 0 Å². The van der Waals surface area contributed by atoms with Gasteiger partial charge in [0.1, 0.15) is 0 Å². The van der Waals surface area contributed by atoms with E-state index in [9.17, 15) is 0 Å². The van der Waals surface area contributed by atoms with Crippen LogP contribution in [0.2, 0.25) is 0 Å². The van der Waals surface area contributed by atoms with Gasteiger partial charge in [0, 0.05) is 0 Å². The molecule has 7 aromatic carbocycles. The first kappa shape index (κ1) is 26.4. The monoisotopic (exact) mass is 562 g/mol. The van der Waals surface area contributed by atoms with Gasteiger partial charge in [0.15, 0.2) is 0 Å². The van der Waals surface area contributed by atoms with E-state index in [2.05, 4.69) is 172 Å². The number of hydrogen-bond acceptors (Lipinski definition) is 0. The SMILES string of the molecule is CC(C)(C)c1ccc2c(c1)-c1cccc3c(-c4ccccc4-c4ccccc4-c4ccccc4-c4ccccc4)ccc-2c13. The molecule has 210 valence electrons. The van der Waals surface area contributed by atoms with Gasteiger partial charge in [-0.25, -0.2) is 0 Å². The maximum absolute atomic E-state index is 2.41. The highest BCUT2D eigenvalue weighted by Crippen LogP contribution is 2.51. The Balaban J connectivity index is 1.33. The summed E-state index contributed by atoms with van der Waals surface area (Å²) in [7, 11) is 0. The van der Waals surface area contributed by atoms with Crippen molar-refractivity contribution in [3.05, 3.63) is 157 Å². The van der Waals surface area contributed by atoms with Crippen LogP contribution in [0, 0.1) is 0 Å². The van der Waals surface area contributed by atoms with Crippen LogP contribution in [0.15, 0.2) is 152 Å². The zero-order chi connectivity index (χ0) is 29.8. The van der Waals surface area contributed by atoms with E-state index < -0.39 is 0 Å². The van der Waals surface area contributed by atoms with Gasteiger partial charge in [-0.15, -0.1) is 0 Å². The fraction of sp³-hybridized carbons (Fsp3) is 0.0909. The van der Waals surface area contributed by atoms with Crippen molar-refractivity contribution in [2.24, 2.45) is 0 Å². The lowest BCUT2D eigenvalue weighted by atomic mass is 9.85. The molecule has 7 aromatic rings. The van der Waals surface area contributed by atoms with Gasteiger partial charge in [0.25, 0.3) is 0 Å². The van der Waals surface area contributed by atoms with Crippen molar-refractivity contribution >= 4 is 10.8 Å². The molecule has 0 radical (unpaired) electrons. The van der Waals surface area contributed by atoms with Crippen LogP contribution in [0.25, 0.3) is 77.5 Å². The Morgan fingerprint density at radius 2 is 0.750 bits per heavy atom. The van der Waals surface area contributed by atoms with Gasteiger partial charge in [0.2, 0.25) is 0 Å². The summed E-state index contributed by atoms with van der Waals surface area (Å²) in [6.45, 7) is 6.88. The van der Waals surface area contributed by atoms with E-state index >= 15 is 0 Å². The summed E-state index contributed by atoms with van der Waals surface area (Å²) in [4.78, 5) is 0.